The van der Waals surface area contributed by atoms with E-state index in [1.54, 1.807) is 31.4 Å². The van der Waals surface area contributed by atoms with Crippen LogP contribution in [-0.4, -0.2) is 24.2 Å². The van der Waals surface area contributed by atoms with Gasteiger partial charge in [-0.15, -0.1) is 11.6 Å². The van der Waals surface area contributed by atoms with Gasteiger partial charge < -0.3 is 9.57 Å². The van der Waals surface area contributed by atoms with Gasteiger partial charge >= 0.3 is 5.97 Å². The monoisotopic (exact) mass is 281 g/mol. The number of hydrogen-bond donors (Lipinski definition) is 0. The summed E-state index contributed by atoms with van der Waals surface area (Å²) >= 11 is 6.11. The third-order valence-electron chi connectivity index (χ3n) is 3.07. The molecule has 1 aromatic rings. The lowest BCUT2D eigenvalue weighted by molar-refractivity contribution is 0.0514. The van der Waals surface area contributed by atoms with Gasteiger partial charge in [-0.2, -0.15) is 0 Å². The Hall–Kier alpha value is -1.55. The van der Waals surface area contributed by atoms with Crippen molar-refractivity contribution in [2.24, 2.45) is 5.16 Å². The molecule has 0 spiro atoms. The molecule has 1 fully saturated rings. The summed E-state index contributed by atoms with van der Waals surface area (Å²) in [6.07, 6.45) is 3.83. The van der Waals surface area contributed by atoms with Gasteiger partial charge in [-0.25, -0.2) is 4.79 Å². The number of methoxy groups -OCH3 is 1. The van der Waals surface area contributed by atoms with Crippen LogP contribution < -0.4 is 4.74 Å². The van der Waals surface area contributed by atoms with E-state index in [9.17, 15) is 4.79 Å². The van der Waals surface area contributed by atoms with Crippen LogP contribution >= 0.6 is 11.6 Å². The lowest BCUT2D eigenvalue weighted by Gasteiger charge is -2.17. The minimum atomic E-state index is -0.482. The molecule has 0 saturated heterocycles. The maximum absolute atomic E-state index is 11.8. The zero-order valence-corrected chi connectivity index (χ0v) is 11.5. The molecule has 5 heteroatoms. The maximum Gasteiger partial charge on any atom is 0.365 e. The molecule has 102 valence electrons. The molecule has 0 heterocycles. The zero-order valence-electron chi connectivity index (χ0n) is 10.8. The Bertz CT molecular complexity index is 470. The van der Waals surface area contributed by atoms with Crippen molar-refractivity contribution in [3.63, 3.8) is 0 Å². The number of halogens is 1. The number of carbonyl (C=O) groups is 1. The standard InChI is InChI=1S/C14H16ClNO3/c1-18-11-8-6-10(7-9-11)14(17)19-16-13-5-3-2-4-12(13)15/h6-9,12H,2-5H2,1H3. The molecule has 19 heavy (non-hydrogen) atoms. The normalized spacial score (nSPS) is 21.2. The molecule has 0 radical (unpaired) electrons. The number of nitrogens with zero attached hydrogens (tertiary/aromatic N) is 1. The molecule has 1 aromatic carbocycles. The van der Waals surface area contributed by atoms with E-state index in [0.29, 0.717) is 11.3 Å². The predicted molar refractivity (Wildman–Crippen MR) is 74.0 cm³/mol. The van der Waals surface area contributed by atoms with Gasteiger partial charge in [0.1, 0.15) is 5.75 Å². The van der Waals surface area contributed by atoms with Crippen molar-refractivity contribution in [3.05, 3.63) is 29.8 Å². The Balaban J connectivity index is 1.98. The van der Waals surface area contributed by atoms with Crippen LogP contribution in [0, 0.1) is 0 Å². The number of alkyl halides is 1. The van der Waals surface area contributed by atoms with Crippen LogP contribution in [0.25, 0.3) is 0 Å². The minimum absolute atomic E-state index is 0.114. The van der Waals surface area contributed by atoms with Gasteiger partial charge in [0.15, 0.2) is 0 Å². The Morgan fingerprint density at radius 1 is 1.32 bits per heavy atom. The van der Waals surface area contributed by atoms with E-state index in [-0.39, 0.29) is 5.38 Å². The van der Waals surface area contributed by atoms with Crippen molar-refractivity contribution in [1.29, 1.82) is 0 Å². The smallest absolute Gasteiger partial charge is 0.365 e. The summed E-state index contributed by atoms with van der Waals surface area (Å²) in [6, 6.07) is 6.68. The summed E-state index contributed by atoms with van der Waals surface area (Å²) in [4.78, 5) is 16.7. The second-order valence-electron chi connectivity index (χ2n) is 4.40. The van der Waals surface area contributed by atoms with E-state index < -0.39 is 5.97 Å². The van der Waals surface area contributed by atoms with E-state index in [0.717, 1.165) is 31.4 Å². The molecule has 2 rings (SSSR count). The number of benzene rings is 1. The maximum atomic E-state index is 11.8. The van der Waals surface area contributed by atoms with Gasteiger partial charge in [0.2, 0.25) is 0 Å². The van der Waals surface area contributed by atoms with Crippen LogP contribution in [-0.2, 0) is 4.84 Å². The van der Waals surface area contributed by atoms with Gasteiger partial charge in [-0.1, -0.05) is 11.6 Å². The van der Waals surface area contributed by atoms with E-state index in [1.165, 1.54) is 0 Å². The molecule has 1 unspecified atom stereocenters. The van der Waals surface area contributed by atoms with E-state index in [1.807, 2.05) is 0 Å². The van der Waals surface area contributed by atoms with Gasteiger partial charge in [0.05, 0.1) is 23.8 Å². The highest BCUT2D eigenvalue weighted by Gasteiger charge is 2.19. The van der Waals surface area contributed by atoms with Crippen molar-refractivity contribution >= 4 is 23.3 Å². The first-order chi connectivity index (χ1) is 9.20. The molecule has 1 atom stereocenters. The Morgan fingerprint density at radius 3 is 2.68 bits per heavy atom. The van der Waals surface area contributed by atoms with Crippen LogP contribution in [0.4, 0.5) is 0 Å². The van der Waals surface area contributed by atoms with Crippen LogP contribution in [0.3, 0.4) is 0 Å². The third-order valence-corrected chi connectivity index (χ3v) is 3.54. The highest BCUT2D eigenvalue weighted by Crippen LogP contribution is 2.21. The molecule has 1 saturated carbocycles. The molecule has 1 aliphatic carbocycles. The molecule has 0 N–H and O–H groups in total. The van der Waals surface area contributed by atoms with Gasteiger partial charge in [0, 0.05) is 0 Å². The molecular formula is C14H16ClNO3. The van der Waals surface area contributed by atoms with Crippen LogP contribution in [0.2, 0.25) is 0 Å². The summed E-state index contributed by atoms with van der Waals surface area (Å²) in [5.41, 5.74) is 1.20. The fraction of sp³-hybridized carbons (Fsp3) is 0.429. The molecule has 0 amide bonds. The highest BCUT2D eigenvalue weighted by atomic mass is 35.5. The molecule has 0 aliphatic heterocycles. The molecule has 4 nitrogen and oxygen atoms in total. The first-order valence-electron chi connectivity index (χ1n) is 6.27. The van der Waals surface area contributed by atoms with E-state index in [2.05, 4.69) is 5.16 Å². The Morgan fingerprint density at radius 2 is 2.05 bits per heavy atom. The first kappa shape index (κ1) is 13.9. The van der Waals surface area contributed by atoms with Crippen molar-refractivity contribution in [3.8, 4) is 5.75 Å². The predicted octanol–water partition coefficient (Wildman–Crippen LogP) is 3.39. The zero-order chi connectivity index (χ0) is 13.7. The quantitative estimate of drug-likeness (QED) is 0.485. The average Bonchev–Trinajstić information content (AvgIpc) is 2.46. The summed E-state index contributed by atoms with van der Waals surface area (Å²) in [5.74, 6) is 0.209. The average molecular weight is 282 g/mol. The van der Waals surface area contributed by atoms with E-state index in [4.69, 9.17) is 21.2 Å². The summed E-state index contributed by atoms with van der Waals surface area (Å²) in [5, 5.41) is 3.77. The number of rotatable bonds is 3. The lowest BCUT2D eigenvalue weighted by atomic mass is 9.98. The van der Waals surface area contributed by atoms with E-state index >= 15 is 0 Å². The summed E-state index contributed by atoms with van der Waals surface area (Å²) in [7, 11) is 1.57. The summed E-state index contributed by atoms with van der Waals surface area (Å²) in [6.45, 7) is 0. The lowest BCUT2D eigenvalue weighted by Crippen LogP contribution is -2.20. The van der Waals surface area contributed by atoms with Crippen molar-refractivity contribution in [2.75, 3.05) is 7.11 Å². The number of ether oxygens (including phenoxy) is 1. The fourth-order valence-corrected chi connectivity index (χ4v) is 2.24. The van der Waals surface area contributed by atoms with Crippen molar-refractivity contribution in [2.45, 2.75) is 31.1 Å². The molecule has 1 aliphatic rings. The van der Waals surface area contributed by atoms with Crippen LogP contribution in [0.1, 0.15) is 36.0 Å². The fourth-order valence-electron chi connectivity index (χ4n) is 1.94. The van der Waals surface area contributed by atoms with Gasteiger partial charge in [-0.05, 0) is 43.5 Å². The second-order valence-corrected chi connectivity index (χ2v) is 4.93. The van der Waals surface area contributed by atoms with Gasteiger partial charge in [-0.3, -0.25) is 0 Å². The van der Waals surface area contributed by atoms with Gasteiger partial charge in [0.25, 0.3) is 0 Å². The topological polar surface area (TPSA) is 47.9 Å². The molecule has 0 aromatic heterocycles. The van der Waals surface area contributed by atoms with Crippen LogP contribution in [0.15, 0.2) is 29.4 Å². The van der Waals surface area contributed by atoms with Crippen molar-refractivity contribution in [1.82, 2.24) is 0 Å². The minimum Gasteiger partial charge on any atom is -0.497 e. The number of oxime groups is 1. The number of carbonyl (C=O) groups excluding carboxylic acids is 1. The summed E-state index contributed by atoms with van der Waals surface area (Å²) < 4.78 is 5.02. The number of hydrogen-bond acceptors (Lipinski definition) is 4. The Kier molecular flexibility index (Phi) is 4.80. The van der Waals surface area contributed by atoms with Crippen LogP contribution in [0.5, 0.6) is 5.75 Å². The highest BCUT2D eigenvalue weighted by molar-refractivity contribution is 6.32. The SMILES string of the molecule is COc1ccc(C(=O)ON=C2CCCCC2Cl)cc1. The third kappa shape index (κ3) is 3.70. The molecular weight excluding hydrogens is 266 g/mol. The second kappa shape index (κ2) is 6.57. The first-order valence-corrected chi connectivity index (χ1v) is 6.70. The van der Waals surface area contributed by atoms with Crippen molar-refractivity contribution < 1.29 is 14.4 Å². The largest absolute Gasteiger partial charge is 0.497 e. The molecule has 0 bridgehead atoms. The Labute approximate surface area is 117 Å².